The Morgan fingerprint density at radius 3 is 2.13 bits per heavy atom. The minimum atomic E-state index is 0.0323. The minimum absolute atomic E-state index is 0.0323. The van der Waals surface area contributed by atoms with Crippen molar-refractivity contribution < 1.29 is 9.59 Å². The molecule has 0 atom stereocenters. The molecule has 4 heteroatoms. The first kappa shape index (κ1) is 13.9. The third kappa shape index (κ3) is 6.10. The van der Waals surface area contributed by atoms with Gasteiger partial charge >= 0.3 is 0 Å². The molecule has 88 valence electrons. The topological polar surface area (TPSA) is 49.4 Å². The van der Waals surface area contributed by atoms with Crippen molar-refractivity contribution in [3.8, 4) is 0 Å². The van der Waals surface area contributed by atoms with Gasteiger partial charge in [0, 0.05) is 32.5 Å². The second kappa shape index (κ2) is 8.26. The predicted octanol–water partition coefficient (Wildman–Crippen LogP) is 1.16. The van der Waals surface area contributed by atoms with Gasteiger partial charge in [-0.3, -0.25) is 9.59 Å². The van der Waals surface area contributed by atoms with E-state index >= 15 is 0 Å². The average Bonchev–Trinajstić information content (AvgIpc) is 2.20. The zero-order valence-corrected chi connectivity index (χ0v) is 10.0. The van der Waals surface area contributed by atoms with Crippen LogP contribution in [0.5, 0.6) is 0 Å². The number of hydrogen-bond donors (Lipinski definition) is 1. The van der Waals surface area contributed by atoms with Gasteiger partial charge in [0.2, 0.25) is 11.8 Å². The van der Waals surface area contributed by atoms with Crippen LogP contribution in [0.15, 0.2) is 0 Å². The SMILES string of the molecule is CCCC(=O)NCCC(=O)N(CC)CC. The molecule has 0 aromatic rings. The molecule has 0 aromatic carbocycles. The molecule has 1 N–H and O–H groups in total. The van der Waals surface area contributed by atoms with Crippen LogP contribution >= 0.6 is 0 Å². The molecule has 0 bridgehead atoms. The van der Waals surface area contributed by atoms with Gasteiger partial charge in [-0.15, -0.1) is 0 Å². The Bertz CT molecular complexity index is 201. The molecule has 0 saturated carbocycles. The van der Waals surface area contributed by atoms with Crippen LogP contribution in [0.25, 0.3) is 0 Å². The summed E-state index contributed by atoms with van der Waals surface area (Å²) in [6.07, 6.45) is 1.78. The lowest BCUT2D eigenvalue weighted by Crippen LogP contribution is -2.34. The predicted molar refractivity (Wildman–Crippen MR) is 60.5 cm³/mol. The quantitative estimate of drug-likeness (QED) is 0.691. The van der Waals surface area contributed by atoms with Gasteiger partial charge in [0.05, 0.1) is 0 Å². The van der Waals surface area contributed by atoms with Crippen LogP contribution in [0.4, 0.5) is 0 Å². The Labute approximate surface area is 92.0 Å². The molecule has 2 amide bonds. The Morgan fingerprint density at radius 2 is 1.67 bits per heavy atom. The van der Waals surface area contributed by atoms with E-state index in [1.807, 2.05) is 20.8 Å². The lowest BCUT2D eigenvalue weighted by atomic mass is 10.3. The maximum atomic E-state index is 11.5. The van der Waals surface area contributed by atoms with Crippen molar-refractivity contribution in [3.05, 3.63) is 0 Å². The van der Waals surface area contributed by atoms with Crippen molar-refractivity contribution >= 4 is 11.8 Å². The van der Waals surface area contributed by atoms with Gasteiger partial charge in [0.25, 0.3) is 0 Å². The lowest BCUT2D eigenvalue weighted by molar-refractivity contribution is -0.130. The second-order valence-electron chi connectivity index (χ2n) is 3.42. The molecule has 0 aliphatic rings. The van der Waals surface area contributed by atoms with E-state index in [0.29, 0.717) is 19.4 Å². The zero-order chi connectivity index (χ0) is 11.7. The van der Waals surface area contributed by atoms with Gasteiger partial charge in [-0.2, -0.15) is 0 Å². The number of hydrogen-bond acceptors (Lipinski definition) is 2. The van der Waals surface area contributed by atoms with Crippen molar-refractivity contribution in [3.63, 3.8) is 0 Å². The van der Waals surface area contributed by atoms with E-state index in [1.54, 1.807) is 4.90 Å². The lowest BCUT2D eigenvalue weighted by Gasteiger charge is -2.18. The summed E-state index contributed by atoms with van der Waals surface area (Å²) in [4.78, 5) is 24.4. The summed E-state index contributed by atoms with van der Waals surface area (Å²) in [7, 11) is 0. The molecule has 15 heavy (non-hydrogen) atoms. The van der Waals surface area contributed by atoms with Crippen molar-refractivity contribution in [1.82, 2.24) is 10.2 Å². The number of nitrogens with one attached hydrogen (secondary N) is 1. The monoisotopic (exact) mass is 214 g/mol. The third-order valence-corrected chi connectivity index (χ3v) is 2.25. The molecule has 4 nitrogen and oxygen atoms in total. The molecule has 0 aliphatic heterocycles. The Kier molecular flexibility index (Phi) is 7.68. The van der Waals surface area contributed by atoms with E-state index < -0.39 is 0 Å². The molecule has 0 radical (unpaired) electrons. The third-order valence-electron chi connectivity index (χ3n) is 2.25. The fourth-order valence-electron chi connectivity index (χ4n) is 1.36. The smallest absolute Gasteiger partial charge is 0.224 e. The maximum Gasteiger partial charge on any atom is 0.224 e. The van der Waals surface area contributed by atoms with Crippen molar-refractivity contribution in [2.45, 2.75) is 40.0 Å². The summed E-state index contributed by atoms with van der Waals surface area (Å²) in [5.74, 6) is 0.140. The van der Waals surface area contributed by atoms with E-state index in [2.05, 4.69) is 5.32 Å². The van der Waals surface area contributed by atoms with Gasteiger partial charge in [-0.05, 0) is 20.3 Å². The second-order valence-corrected chi connectivity index (χ2v) is 3.42. The molecule has 0 fully saturated rings. The molecule has 0 heterocycles. The molecule has 0 rings (SSSR count). The first-order valence-corrected chi connectivity index (χ1v) is 5.70. The van der Waals surface area contributed by atoms with Gasteiger partial charge in [0.1, 0.15) is 0 Å². The average molecular weight is 214 g/mol. The first-order chi connectivity index (χ1) is 7.15. The Hall–Kier alpha value is -1.06. The summed E-state index contributed by atoms with van der Waals surface area (Å²) in [5.41, 5.74) is 0. The summed E-state index contributed by atoms with van der Waals surface area (Å²) in [6.45, 7) is 7.79. The molecule has 0 spiro atoms. The number of carbonyl (C=O) groups is 2. The highest BCUT2D eigenvalue weighted by Crippen LogP contribution is 1.93. The van der Waals surface area contributed by atoms with Crippen molar-refractivity contribution in [1.29, 1.82) is 0 Å². The van der Waals surface area contributed by atoms with Crippen LogP contribution in [0, 0.1) is 0 Å². The number of amides is 2. The van der Waals surface area contributed by atoms with Crippen molar-refractivity contribution in [2.24, 2.45) is 0 Å². The number of nitrogens with zero attached hydrogens (tertiary/aromatic N) is 1. The fourth-order valence-corrected chi connectivity index (χ4v) is 1.36. The Balaban J connectivity index is 3.67. The van der Waals surface area contributed by atoms with Crippen LogP contribution in [0.3, 0.4) is 0 Å². The standard InChI is InChI=1S/C11H22N2O2/c1-4-7-10(14)12-9-8-11(15)13(5-2)6-3/h4-9H2,1-3H3,(H,12,14). The summed E-state index contributed by atoms with van der Waals surface area (Å²) < 4.78 is 0. The first-order valence-electron chi connectivity index (χ1n) is 5.70. The zero-order valence-electron chi connectivity index (χ0n) is 10.0. The van der Waals surface area contributed by atoms with Crippen LogP contribution in [0.2, 0.25) is 0 Å². The van der Waals surface area contributed by atoms with E-state index in [1.165, 1.54) is 0 Å². The minimum Gasteiger partial charge on any atom is -0.356 e. The largest absolute Gasteiger partial charge is 0.356 e. The molecule has 0 unspecified atom stereocenters. The van der Waals surface area contributed by atoms with Crippen LogP contribution in [-0.2, 0) is 9.59 Å². The van der Waals surface area contributed by atoms with Crippen LogP contribution < -0.4 is 5.32 Å². The number of rotatable bonds is 7. The van der Waals surface area contributed by atoms with Gasteiger partial charge in [-0.25, -0.2) is 0 Å². The number of carbonyl (C=O) groups excluding carboxylic acids is 2. The molecule has 0 aliphatic carbocycles. The van der Waals surface area contributed by atoms with Gasteiger partial charge in [-0.1, -0.05) is 6.92 Å². The highest BCUT2D eigenvalue weighted by molar-refractivity contribution is 5.78. The normalized spacial score (nSPS) is 9.80. The van der Waals surface area contributed by atoms with Gasteiger partial charge in [0.15, 0.2) is 0 Å². The summed E-state index contributed by atoms with van der Waals surface area (Å²) in [5, 5.41) is 2.73. The molecular weight excluding hydrogens is 192 g/mol. The van der Waals surface area contributed by atoms with Crippen LogP contribution in [0.1, 0.15) is 40.0 Å². The van der Waals surface area contributed by atoms with E-state index in [-0.39, 0.29) is 11.8 Å². The van der Waals surface area contributed by atoms with E-state index in [0.717, 1.165) is 19.5 Å². The van der Waals surface area contributed by atoms with Gasteiger partial charge < -0.3 is 10.2 Å². The van der Waals surface area contributed by atoms with Crippen LogP contribution in [-0.4, -0.2) is 36.3 Å². The van der Waals surface area contributed by atoms with Crippen molar-refractivity contribution in [2.75, 3.05) is 19.6 Å². The van der Waals surface area contributed by atoms with E-state index in [4.69, 9.17) is 0 Å². The molecular formula is C11H22N2O2. The Morgan fingerprint density at radius 1 is 1.07 bits per heavy atom. The fraction of sp³-hybridized carbons (Fsp3) is 0.818. The summed E-state index contributed by atoms with van der Waals surface area (Å²) in [6, 6.07) is 0. The van der Waals surface area contributed by atoms with E-state index in [9.17, 15) is 9.59 Å². The highest BCUT2D eigenvalue weighted by Gasteiger charge is 2.09. The summed E-state index contributed by atoms with van der Waals surface area (Å²) >= 11 is 0. The maximum absolute atomic E-state index is 11.5. The molecule has 0 aromatic heterocycles. The molecule has 0 saturated heterocycles. The highest BCUT2D eigenvalue weighted by atomic mass is 16.2.